The van der Waals surface area contributed by atoms with Gasteiger partial charge in [0.15, 0.2) is 11.6 Å². The molecule has 1 saturated carbocycles. The minimum absolute atomic E-state index is 0.0530. The second kappa shape index (κ2) is 12.4. The summed E-state index contributed by atoms with van der Waals surface area (Å²) < 4.78 is 34.0. The van der Waals surface area contributed by atoms with Crippen molar-refractivity contribution in [3.05, 3.63) is 40.9 Å². The Bertz CT molecular complexity index is 580. The Labute approximate surface area is 168 Å². The Hall–Kier alpha value is -1.09. The van der Waals surface area contributed by atoms with Crippen LogP contribution in [0.1, 0.15) is 89.0 Å². The van der Waals surface area contributed by atoms with E-state index in [-0.39, 0.29) is 18.3 Å². The van der Waals surface area contributed by atoms with Gasteiger partial charge < -0.3 is 4.74 Å². The molecule has 0 heterocycles. The summed E-state index contributed by atoms with van der Waals surface area (Å²) >= 11 is 5.41. The summed E-state index contributed by atoms with van der Waals surface area (Å²) in [7, 11) is 0. The summed E-state index contributed by atoms with van der Waals surface area (Å²) in [5.41, 5.74) is 1.80. The molecule has 1 aliphatic carbocycles. The van der Waals surface area contributed by atoms with Crippen LogP contribution in [0.4, 0.5) is 8.78 Å². The monoisotopic (exact) mass is 398 g/mol. The van der Waals surface area contributed by atoms with Gasteiger partial charge in [0.05, 0.1) is 0 Å². The number of hydrogen-bond acceptors (Lipinski definition) is 1. The summed E-state index contributed by atoms with van der Waals surface area (Å²) in [5.74, 6) is -0.809. The molecule has 4 heteroatoms. The number of halogens is 3. The van der Waals surface area contributed by atoms with Crippen LogP contribution in [-0.2, 0) is 0 Å². The fourth-order valence-corrected chi connectivity index (χ4v) is 4.20. The van der Waals surface area contributed by atoms with Crippen LogP contribution in [0.15, 0.2) is 23.7 Å². The zero-order valence-corrected chi connectivity index (χ0v) is 17.2. The van der Waals surface area contributed by atoms with E-state index in [1.807, 2.05) is 0 Å². The maximum Gasteiger partial charge on any atom is 0.200 e. The number of unbranched alkanes of at least 4 members (excludes halogenated alkanes) is 5. The van der Waals surface area contributed by atoms with Gasteiger partial charge in [0.25, 0.3) is 0 Å². The van der Waals surface area contributed by atoms with Gasteiger partial charge in [-0.2, -0.15) is 4.39 Å². The summed E-state index contributed by atoms with van der Waals surface area (Å²) in [4.78, 5) is 0. The fourth-order valence-electron chi connectivity index (χ4n) is 4.12. The van der Waals surface area contributed by atoms with Gasteiger partial charge in [-0.3, -0.25) is 0 Å². The number of hydrogen-bond donors (Lipinski definition) is 0. The number of ether oxygens (including phenoxy) is 1. The number of rotatable bonds is 11. The highest BCUT2D eigenvalue weighted by Crippen LogP contribution is 2.40. The van der Waals surface area contributed by atoms with E-state index >= 15 is 0 Å². The van der Waals surface area contributed by atoms with Gasteiger partial charge in [0, 0.05) is 5.54 Å². The molecule has 152 valence electrons. The first-order valence-electron chi connectivity index (χ1n) is 10.5. The Morgan fingerprint density at radius 2 is 1.70 bits per heavy atom. The van der Waals surface area contributed by atoms with Crippen molar-refractivity contribution in [3.63, 3.8) is 0 Å². The molecule has 1 fully saturated rings. The molecule has 0 aliphatic heterocycles. The van der Waals surface area contributed by atoms with Crippen molar-refractivity contribution >= 4 is 11.6 Å². The molecule has 1 aliphatic rings. The van der Waals surface area contributed by atoms with Crippen LogP contribution in [0.25, 0.3) is 0 Å². The fraction of sp³-hybridized carbons (Fsp3) is 0.652. The van der Waals surface area contributed by atoms with Gasteiger partial charge in [0.1, 0.15) is 6.61 Å². The third kappa shape index (κ3) is 7.10. The minimum atomic E-state index is -0.885. The van der Waals surface area contributed by atoms with Crippen LogP contribution in [0.3, 0.4) is 0 Å². The highest BCUT2D eigenvalue weighted by atomic mass is 35.5. The molecule has 1 nitrogen and oxygen atoms in total. The van der Waals surface area contributed by atoms with Gasteiger partial charge >= 0.3 is 0 Å². The Kier molecular flexibility index (Phi) is 10.2. The Morgan fingerprint density at radius 1 is 1.00 bits per heavy atom. The lowest BCUT2D eigenvalue weighted by molar-refractivity contribution is 0.294. The average molecular weight is 399 g/mol. The smallest absolute Gasteiger partial charge is 0.200 e. The zero-order chi connectivity index (χ0) is 19.5. The third-order valence-electron chi connectivity index (χ3n) is 5.75. The molecular formula is C23H33ClF2O. The van der Waals surface area contributed by atoms with Gasteiger partial charge in [-0.25, -0.2) is 4.39 Å². The van der Waals surface area contributed by atoms with Gasteiger partial charge in [0.2, 0.25) is 5.82 Å². The lowest BCUT2D eigenvalue weighted by Gasteiger charge is -2.29. The second-order valence-electron chi connectivity index (χ2n) is 7.73. The molecule has 0 unspecified atom stereocenters. The molecule has 1 aromatic carbocycles. The second-order valence-corrected chi connectivity index (χ2v) is 7.98. The summed E-state index contributed by atoms with van der Waals surface area (Å²) in [6, 6.07) is 3.23. The van der Waals surface area contributed by atoms with Crippen LogP contribution in [-0.4, -0.2) is 6.61 Å². The molecule has 0 N–H and O–H groups in total. The van der Waals surface area contributed by atoms with Crippen LogP contribution in [0.5, 0.6) is 5.75 Å². The molecule has 27 heavy (non-hydrogen) atoms. The van der Waals surface area contributed by atoms with Gasteiger partial charge in [-0.15, -0.1) is 0 Å². The SMILES string of the molecule is CCCCCCCC[C@H]1CC[C@H](c2ccc(OC/C=C/Cl)c(F)c2F)CC1. The highest BCUT2D eigenvalue weighted by Gasteiger charge is 2.26. The van der Waals surface area contributed by atoms with Gasteiger partial charge in [-0.05, 0) is 55.2 Å². The lowest BCUT2D eigenvalue weighted by Crippen LogP contribution is -2.15. The molecule has 0 atom stereocenters. The largest absolute Gasteiger partial charge is 0.486 e. The Balaban J connectivity index is 1.79. The first kappa shape index (κ1) is 22.2. The van der Waals surface area contributed by atoms with Crippen molar-refractivity contribution < 1.29 is 13.5 Å². The molecule has 0 bridgehead atoms. The Morgan fingerprint density at radius 3 is 2.41 bits per heavy atom. The molecule has 0 radical (unpaired) electrons. The first-order valence-corrected chi connectivity index (χ1v) is 11.0. The highest BCUT2D eigenvalue weighted by molar-refractivity contribution is 6.25. The van der Waals surface area contributed by atoms with E-state index in [1.54, 1.807) is 6.07 Å². The zero-order valence-electron chi connectivity index (χ0n) is 16.5. The summed E-state index contributed by atoms with van der Waals surface area (Å²) in [6.45, 7) is 2.37. The topological polar surface area (TPSA) is 9.23 Å². The quantitative estimate of drug-likeness (QED) is 0.342. The maximum atomic E-state index is 14.5. The predicted molar refractivity (Wildman–Crippen MR) is 110 cm³/mol. The maximum absolute atomic E-state index is 14.5. The van der Waals surface area contributed by atoms with E-state index in [0.29, 0.717) is 5.56 Å². The molecular weight excluding hydrogens is 366 g/mol. The molecule has 0 aromatic heterocycles. The van der Waals surface area contributed by atoms with Crippen LogP contribution < -0.4 is 4.74 Å². The molecule has 0 spiro atoms. The summed E-state index contributed by atoms with van der Waals surface area (Å²) in [5, 5.41) is 0. The standard InChI is InChI=1S/C23H33ClF2O/c1-2-3-4-5-6-7-9-18-10-12-19(13-11-18)20-14-15-21(23(26)22(20)25)27-17-8-16-24/h8,14-16,18-19H,2-7,9-13,17H2,1H3/b16-8+/t18-,19-. The third-order valence-corrected chi connectivity index (χ3v) is 5.93. The van der Waals surface area contributed by atoms with Crippen molar-refractivity contribution in [3.8, 4) is 5.75 Å². The van der Waals surface area contributed by atoms with Crippen molar-refractivity contribution in [2.24, 2.45) is 5.92 Å². The van der Waals surface area contributed by atoms with E-state index in [0.717, 1.165) is 31.6 Å². The van der Waals surface area contributed by atoms with Crippen molar-refractivity contribution in [1.82, 2.24) is 0 Å². The minimum Gasteiger partial charge on any atom is -0.486 e. The first-order chi connectivity index (χ1) is 13.2. The summed E-state index contributed by atoms with van der Waals surface area (Å²) in [6.07, 6.45) is 15.0. The van der Waals surface area contributed by atoms with Crippen molar-refractivity contribution in [1.29, 1.82) is 0 Å². The van der Waals surface area contributed by atoms with Gasteiger partial charge in [-0.1, -0.05) is 69.5 Å². The van der Waals surface area contributed by atoms with E-state index < -0.39 is 11.6 Å². The van der Waals surface area contributed by atoms with E-state index in [4.69, 9.17) is 16.3 Å². The molecule has 2 rings (SSSR count). The van der Waals surface area contributed by atoms with Crippen LogP contribution in [0, 0.1) is 17.6 Å². The number of benzene rings is 1. The average Bonchev–Trinajstić information content (AvgIpc) is 2.69. The van der Waals surface area contributed by atoms with E-state index in [1.165, 1.54) is 62.6 Å². The molecule has 1 aromatic rings. The van der Waals surface area contributed by atoms with Crippen molar-refractivity contribution in [2.45, 2.75) is 83.5 Å². The van der Waals surface area contributed by atoms with E-state index in [9.17, 15) is 8.78 Å². The van der Waals surface area contributed by atoms with Crippen molar-refractivity contribution in [2.75, 3.05) is 6.61 Å². The van der Waals surface area contributed by atoms with E-state index in [2.05, 4.69) is 6.92 Å². The molecule has 0 amide bonds. The molecule has 0 saturated heterocycles. The predicted octanol–water partition coefficient (Wildman–Crippen LogP) is 8.12. The normalized spacial score (nSPS) is 20.3. The van der Waals surface area contributed by atoms with Crippen LogP contribution in [0.2, 0.25) is 0 Å². The van der Waals surface area contributed by atoms with Crippen LogP contribution >= 0.6 is 11.6 Å². The lowest BCUT2D eigenvalue weighted by atomic mass is 9.77.